The van der Waals surface area contributed by atoms with Gasteiger partial charge in [0, 0.05) is 29.6 Å². The highest BCUT2D eigenvalue weighted by atomic mass is 32.2. The van der Waals surface area contributed by atoms with Crippen molar-refractivity contribution >= 4 is 37.9 Å². The Morgan fingerprint density at radius 1 is 1.03 bits per heavy atom. The molecular weight excluding hydrogens is 428 g/mol. The van der Waals surface area contributed by atoms with Crippen LogP contribution >= 0.6 is 0 Å². The molecule has 1 N–H and O–H groups in total. The summed E-state index contributed by atoms with van der Waals surface area (Å²) in [6, 6.07) is 14.5. The van der Waals surface area contributed by atoms with Crippen LogP contribution in [-0.4, -0.2) is 38.2 Å². The van der Waals surface area contributed by atoms with Crippen molar-refractivity contribution in [3.8, 4) is 11.3 Å². The van der Waals surface area contributed by atoms with Crippen LogP contribution < -0.4 is 0 Å². The fourth-order valence-corrected chi connectivity index (χ4v) is 5.34. The third-order valence-corrected chi connectivity index (χ3v) is 7.16. The Labute approximate surface area is 183 Å². The van der Waals surface area contributed by atoms with Crippen LogP contribution in [0.4, 0.5) is 0 Å². The van der Waals surface area contributed by atoms with Gasteiger partial charge in [-0.3, -0.25) is 4.68 Å². The zero-order chi connectivity index (χ0) is 22.6. The van der Waals surface area contributed by atoms with Crippen molar-refractivity contribution in [2.75, 3.05) is 0 Å². The summed E-state index contributed by atoms with van der Waals surface area (Å²) < 4.78 is 30.4. The smallest absolute Gasteiger partial charge is 0.335 e. The maximum Gasteiger partial charge on any atom is 0.335 e. The molecule has 3 heterocycles. The second-order valence-corrected chi connectivity index (χ2v) is 9.35. The van der Waals surface area contributed by atoms with Gasteiger partial charge in [0.05, 0.1) is 27.9 Å². The van der Waals surface area contributed by atoms with E-state index in [0.29, 0.717) is 16.6 Å². The molecule has 0 unspecified atom stereocenters. The Morgan fingerprint density at radius 3 is 2.50 bits per heavy atom. The molecule has 0 aliphatic rings. The van der Waals surface area contributed by atoms with E-state index in [1.54, 1.807) is 66.6 Å². The predicted molar refractivity (Wildman–Crippen MR) is 120 cm³/mol. The number of pyridine rings is 1. The molecular formula is C23H18N4O4S. The van der Waals surface area contributed by atoms with Crippen molar-refractivity contribution in [2.24, 2.45) is 7.05 Å². The molecule has 2 aromatic carbocycles. The average Bonchev–Trinajstić information content (AvgIpc) is 3.35. The third kappa shape index (κ3) is 2.97. The molecule has 8 nitrogen and oxygen atoms in total. The predicted octanol–water partition coefficient (Wildman–Crippen LogP) is 3.83. The molecule has 3 aromatic heterocycles. The van der Waals surface area contributed by atoms with E-state index >= 15 is 0 Å². The lowest BCUT2D eigenvalue weighted by atomic mass is 10.1. The quantitative estimate of drug-likeness (QED) is 0.450. The molecule has 5 aromatic rings. The first kappa shape index (κ1) is 20.0. The van der Waals surface area contributed by atoms with E-state index < -0.39 is 16.0 Å². The fourth-order valence-electron chi connectivity index (χ4n) is 3.86. The molecule has 32 heavy (non-hydrogen) atoms. The van der Waals surface area contributed by atoms with Crippen LogP contribution in [-0.2, 0) is 17.1 Å². The summed E-state index contributed by atoms with van der Waals surface area (Å²) >= 11 is 0. The number of benzene rings is 2. The highest BCUT2D eigenvalue weighted by molar-refractivity contribution is 7.90. The van der Waals surface area contributed by atoms with E-state index in [1.807, 2.05) is 6.92 Å². The summed E-state index contributed by atoms with van der Waals surface area (Å²) in [6.07, 6.45) is 3.25. The number of aromatic nitrogens is 4. The lowest BCUT2D eigenvalue weighted by Gasteiger charge is -2.12. The van der Waals surface area contributed by atoms with E-state index in [0.717, 1.165) is 16.5 Å². The van der Waals surface area contributed by atoms with Gasteiger partial charge in [0.25, 0.3) is 10.0 Å². The SMILES string of the molecule is Cc1ccc(S(=O)(=O)n2c(-c3cccc(C(=O)O)c3)cc3c4c(cnc32)cnn4C)cc1. The van der Waals surface area contributed by atoms with E-state index in [4.69, 9.17) is 0 Å². The second-order valence-electron chi connectivity index (χ2n) is 7.57. The van der Waals surface area contributed by atoms with Gasteiger partial charge in [-0.15, -0.1) is 0 Å². The highest BCUT2D eigenvalue weighted by Gasteiger charge is 2.26. The molecule has 0 amide bonds. The van der Waals surface area contributed by atoms with Gasteiger partial charge >= 0.3 is 5.97 Å². The Morgan fingerprint density at radius 2 is 1.78 bits per heavy atom. The van der Waals surface area contributed by atoms with Crippen LogP contribution in [0.1, 0.15) is 15.9 Å². The maximum atomic E-state index is 13.8. The first-order valence-electron chi connectivity index (χ1n) is 9.75. The van der Waals surface area contributed by atoms with Gasteiger partial charge < -0.3 is 5.11 Å². The number of carboxylic acids is 1. The van der Waals surface area contributed by atoms with E-state index in [-0.39, 0.29) is 16.1 Å². The number of nitrogens with zero attached hydrogens (tertiary/aromatic N) is 4. The lowest BCUT2D eigenvalue weighted by molar-refractivity contribution is 0.0697. The summed E-state index contributed by atoms with van der Waals surface area (Å²) in [7, 11) is -2.26. The Hall–Kier alpha value is -3.98. The summed E-state index contributed by atoms with van der Waals surface area (Å²) in [4.78, 5) is 16.1. The van der Waals surface area contributed by atoms with Gasteiger partial charge in [0.1, 0.15) is 0 Å². The largest absolute Gasteiger partial charge is 0.478 e. The van der Waals surface area contributed by atoms with Crippen molar-refractivity contribution in [2.45, 2.75) is 11.8 Å². The normalized spacial score (nSPS) is 11.9. The minimum Gasteiger partial charge on any atom is -0.478 e. The summed E-state index contributed by atoms with van der Waals surface area (Å²) in [5, 5.41) is 15.1. The molecule has 0 saturated carbocycles. The van der Waals surface area contributed by atoms with Crippen LogP contribution in [0.25, 0.3) is 33.2 Å². The third-order valence-electron chi connectivity index (χ3n) is 5.45. The number of carbonyl (C=O) groups is 1. The maximum absolute atomic E-state index is 13.8. The van der Waals surface area contributed by atoms with Crippen LogP contribution in [0.2, 0.25) is 0 Å². The summed E-state index contributed by atoms with van der Waals surface area (Å²) in [6.45, 7) is 1.88. The van der Waals surface area contributed by atoms with Gasteiger partial charge in [-0.2, -0.15) is 5.10 Å². The molecule has 9 heteroatoms. The Bertz CT molecular complexity index is 1630. The number of hydrogen-bond acceptors (Lipinski definition) is 5. The zero-order valence-corrected chi connectivity index (χ0v) is 18.0. The molecule has 0 fully saturated rings. The van der Waals surface area contributed by atoms with Gasteiger partial charge in [-0.25, -0.2) is 22.2 Å². The zero-order valence-electron chi connectivity index (χ0n) is 17.2. The number of carboxylic acid groups (broad SMARTS) is 1. The molecule has 0 saturated heterocycles. The summed E-state index contributed by atoms with van der Waals surface area (Å²) in [5.74, 6) is -1.09. The van der Waals surface area contributed by atoms with Crippen molar-refractivity contribution < 1.29 is 18.3 Å². The first-order chi connectivity index (χ1) is 15.3. The first-order valence-corrected chi connectivity index (χ1v) is 11.2. The van der Waals surface area contributed by atoms with Crippen LogP contribution in [0.5, 0.6) is 0 Å². The number of aromatic carboxylic acids is 1. The van der Waals surface area contributed by atoms with Crippen molar-refractivity contribution in [1.29, 1.82) is 0 Å². The number of hydrogen-bond donors (Lipinski definition) is 1. The average molecular weight is 446 g/mol. The molecule has 0 spiro atoms. The molecule has 5 rings (SSSR count). The van der Waals surface area contributed by atoms with Crippen molar-refractivity contribution in [3.05, 3.63) is 78.1 Å². The van der Waals surface area contributed by atoms with Crippen LogP contribution in [0.3, 0.4) is 0 Å². The number of rotatable bonds is 4. The number of aryl methyl sites for hydroxylation is 2. The molecule has 0 radical (unpaired) electrons. The number of fused-ring (bicyclic) bond motifs is 3. The Kier molecular flexibility index (Phi) is 4.38. The van der Waals surface area contributed by atoms with Crippen molar-refractivity contribution in [3.63, 3.8) is 0 Å². The van der Waals surface area contributed by atoms with E-state index in [9.17, 15) is 18.3 Å². The van der Waals surface area contributed by atoms with Gasteiger partial charge in [0.2, 0.25) is 0 Å². The monoisotopic (exact) mass is 446 g/mol. The molecule has 0 aliphatic heterocycles. The minimum atomic E-state index is -4.04. The fraction of sp³-hybridized carbons (Fsp3) is 0.0870. The second kappa shape index (κ2) is 7.03. The van der Waals surface area contributed by atoms with Crippen LogP contribution in [0, 0.1) is 6.92 Å². The lowest BCUT2D eigenvalue weighted by Crippen LogP contribution is -2.15. The topological polar surface area (TPSA) is 107 Å². The van der Waals surface area contributed by atoms with Crippen LogP contribution in [0.15, 0.2) is 71.9 Å². The Balaban J connectivity index is 1.90. The van der Waals surface area contributed by atoms with E-state index in [1.165, 1.54) is 16.1 Å². The molecule has 160 valence electrons. The molecule has 0 atom stereocenters. The van der Waals surface area contributed by atoms with Gasteiger partial charge in [-0.05, 0) is 37.3 Å². The molecule has 0 bridgehead atoms. The van der Waals surface area contributed by atoms with Crippen molar-refractivity contribution in [1.82, 2.24) is 18.7 Å². The van der Waals surface area contributed by atoms with E-state index in [2.05, 4.69) is 10.1 Å². The van der Waals surface area contributed by atoms with Gasteiger partial charge in [-0.1, -0.05) is 29.8 Å². The molecule has 0 aliphatic carbocycles. The minimum absolute atomic E-state index is 0.0608. The highest BCUT2D eigenvalue weighted by Crippen LogP contribution is 2.35. The van der Waals surface area contributed by atoms with Gasteiger partial charge in [0.15, 0.2) is 5.65 Å². The summed E-state index contributed by atoms with van der Waals surface area (Å²) in [5.41, 5.74) is 2.76. The standard InChI is InChI=1S/C23H18N4O4S/c1-14-6-8-18(9-7-14)32(30,31)27-20(15-4-3-5-16(10-15)23(28)29)11-19-21-17(12-24-22(19)27)13-25-26(21)2/h3-13H,1-2H3,(H,28,29).